The van der Waals surface area contributed by atoms with E-state index >= 15 is 0 Å². The third kappa shape index (κ3) is 3.11. The zero-order valence-electron chi connectivity index (χ0n) is 18.7. The standard InChI is InChI=1S/C26H31N3O3/c1-32-19-7-8-20-22(13-19)27-14-21(25(20)30)26(31)29-10-4-5-16-11-17-12-18(24(16)29)15-28-9-3-2-6-23(17)28/h7-8,11,13-14,17-18,23-24H,2-6,9-10,12,15H2,1H3,(H,27,30). The lowest BCUT2D eigenvalue weighted by Crippen LogP contribution is -2.60. The number of aromatic nitrogens is 1. The van der Waals surface area contributed by atoms with Gasteiger partial charge in [-0.15, -0.1) is 0 Å². The minimum Gasteiger partial charge on any atom is -0.497 e. The third-order valence-electron chi connectivity index (χ3n) is 8.24. The Balaban J connectivity index is 1.35. The van der Waals surface area contributed by atoms with Crippen molar-refractivity contribution < 1.29 is 9.53 Å². The predicted molar refractivity (Wildman–Crippen MR) is 124 cm³/mol. The van der Waals surface area contributed by atoms with Crippen LogP contribution in [0.5, 0.6) is 5.75 Å². The topological polar surface area (TPSA) is 65.6 Å². The number of fused-ring (bicyclic) bond motifs is 7. The molecule has 6 rings (SSSR count). The number of pyridine rings is 1. The molecular weight excluding hydrogens is 402 g/mol. The highest BCUT2D eigenvalue weighted by Crippen LogP contribution is 2.45. The molecule has 1 aromatic carbocycles. The first-order valence-electron chi connectivity index (χ1n) is 12.1. The fourth-order valence-corrected chi connectivity index (χ4v) is 6.84. The molecule has 4 atom stereocenters. The first-order chi connectivity index (χ1) is 15.6. The van der Waals surface area contributed by atoms with Gasteiger partial charge in [0.05, 0.1) is 18.7 Å². The summed E-state index contributed by atoms with van der Waals surface area (Å²) in [6, 6.07) is 6.15. The van der Waals surface area contributed by atoms with Crippen LogP contribution in [0.1, 0.15) is 48.9 Å². The molecule has 1 aliphatic carbocycles. The van der Waals surface area contributed by atoms with E-state index in [1.165, 1.54) is 37.8 Å². The van der Waals surface area contributed by atoms with Crippen LogP contribution in [0.25, 0.3) is 10.9 Å². The molecule has 168 valence electrons. The van der Waals surface area contributed by atoms with Crippen molar-refractivity contribution in [2.24, 2.45) is 11.8 Å². The van der Waals surface area contributed by atoms with Crippen LogP contribution in [0.2, 0.25) is 0 Å². The second-order valence-electron chi connectivity index (χ2n) is 9.95. The molecule has 6 heteroatoms. The third-order valence-corrected chi connectivity index (χ3v) is 8.24. The summed E-state index contributed by atoms with van der Waals surface area (Å²) in [5, 5.41) is 0.530. The van der Waals surface area contributed by atoms with Crippen LogP contribution >= 0.6 is 0 Å². The largest absolute Gasteiger partial charge is 0.497 e. The van der Waals surface area contributed by atoms with Crippen LogP contribution in [-0.2, 0) is 0 Å². The van der Waals surface area contributed by atoms with Gasteiger partial charge < -0.3 is 14.6 Å². The average molecular weight is 434 g/mol. The SMILES string of the molecule is COc1ccc2c(=O)c(C(=O)N3CCCC4=CC5CC(CN6CCCCC56)C43)c[nH]c2c1. The molecule has 3 fully saturated rings. The zero-order valence-corrected chi connectivity index (χ0v) is 18.7. The number of nitrogens with one attached hydrogen (secondary N) is 1. The highest BCUT2D eigenvalue weighted by molar-refractivity contribution is 5.97. The highest BCUT2D eigenvalue weighted by atomic mass is 16.5. The van der Waals surface area contributed by atoms with Crippen molar-refractivity contribution in [2.75, 3.05) is 26.7 Å². The first-order valence-corrected chi connectivity index (χ1v) is 12.1. The van der Waals surface area contributed by atoms with Gasteiger partial charge in [0, 0.05) is 36.8 Å². The Morgan fingerprint density at radius 3 is 2.97 bits per heavy atom. The second-order valence-corrected chi connectivity index (χ2v) is 9.95. The molecule has 3 saturated heterocycles. The lowest BCUT2D eigenvalue weighted by molar-refractivity contribution is 0.00143. The second kappa shape index (κ2) is 7.77. The van der Waals surface area contributed by atoms with E-state index in [2.05, 4.69) is 16.0 Å². The van der Waals surface area contributed by atoms with E-state index < -0.39 is 0 Å². The predicted octanol–water partition coefficient (Wildman–Crippen LogP) is 3.57. The normalized spacial score (nSPS) is 29.8. The fraction of sp³-hybridized carbons (Fsp3) is 0.538. The quantitative estimate of drug-likeness (QED) is 0.736. The average Bonchev–Trinajstić information content (AvgIpc) is 2.83. The van der Waals surface area contributed by atoms with Crippen LogP contribution in [0.15, 0.2) is 40.8 Å². The number of rotatable bonds is 2. The number of H-pyrrole nitrogens is 1. The number of hydrogen-bond acceptors (Lipinski definition) is 4. The molecule has 2 bridgehead atoms. The maximum absolute atomic E-state index is 13.7. The molecule has 0 radical (unpaired) electrons. The number of methoxy groups -OCH3 is 1. The molecule has 1 amide bonds. The van der Waals surface area contributed by atoms with Gasteiger partial charge >= 0.3 is 0 Å². The van der Waals surface area contributed by atoms with Crippen molar-refractivity contribution in [1.82, 2.24) is 14.8 Å². The summed E-state index contributed by atoms with van der Waals surface area (Å²) >= 11 is 0. The maximum Gasteiger partial charge on any atom is 0.259 e. The van der Waals surface area contributed by atoms with Crippen molar-refractivity contribution in [1.29, 1.82) is 0 Å². The number of nitrogens with zero attached hydrogens (tertiary/aromatic N) is 2. The van der Waals surface area contributed by atoms with Crippen LogP contribution < -0.4 is 10.2 Å². The Kier molecular flexibility index (Phi) is 4.86. The lowest BCUT2D eigenvalue weighted by Gasteiger charge is -2.54. The number of piperidine rings is 3. The summed E-state index contributed by atoms with van der Waals surface area (Å²) in [6.07, 6.45) is 11.3. The molecular formula is C26H31N3O3. The molecule has 4 unspecified atom stereocenters. The number of carbonyl (C=O) groups is 1. The van der Waals surface area contributed by atoms with E-state index in [0.717, 1.165) is 25.9 Å². The molecule has 6 nitrogen and oxygen atoms in total. The van der Waals surface area contributed by atoms with Gasteiger partial charge in [0.2, 0.25) is 5.43 Å². The Hall–Kier alpha value is -2.60. The summed E-state index contributed by atoms with van der Waals surface area (Å²) in [4.78, 5) is 34.8. The molecule has 4 heterocycles. The van der Waals surface area contributed by atoms with E-state index in [9.17, 15) is 9.59 Å². The van der Waals surface area contributed by atoms with Crippen molar-refractivity contribution in [3.05, 3.63) is 51.8 Å². The van der Waals surface area contributed by atoms with Gasteiger partial charge in [-0.3, -0.25) is 14.5 Å². The van der Waals surface area contributed by atoms with E-state index in [-0.39, 0.29) is 22.9 Å². The van der Waals surface area contributed by atoms with Crippen LogP contribution in [0.4, 0.5) is 0 Å². The number of likely N-dealkylation sites (tertiary alicyclic amines) is 1. The zero-order chi connectivity index (χ0) is 21.8. The molecule has 4 aliphatic rings. The maximum atomic E-state index is 13.7. The van der Waals surface area contributed by atoms with Gasteiger partial charge in [-0.2, -0.15) is 0 Å². The number of benzene rings is 1. The van der Waals surface area contributed by atoms with Gasteiger partial charge in [0.15, 0.2) is 0 Å². The number of amides is 1. The number of ether oxygens (including phenoxy) is 1. The summed E-state index contributed by atoms with van der Waals surface area (Å²) in [6.45, 7) is 3.00. The Bertz CT molecular complexity index is 1150. The van der Waals surface area contributed by atoms with Crippen LogP contribution in [0.3, 0.4) is 0 Å². The van der Waals surface area contributed by atoms with E-state index in [0.29, 0.717) is 34.5 Å². The summed E-state index contributed by atoms with van der Waals surface area (Å²) in [7, 11) is 1.60. The Labute approximate surface area is 188 Å². The minimum atomic E-state index is -0.198. The smallest absolute Gasteiger partial charge is 0.259 e. The van der Waals surface area contributed by atoms with Crippen LogP contribution in [-0.4, -0.2) is 59.5 Å². The van der Waals surface area contributed by atoms with Crippen LogP contribution in [0, 0.1) is 11.8 Å². The van der Waals surface area contributed by atoms with Crippen molar-refractivity contribution in [3.63, 3.8) is 0 Å². The Morgan fingerprint density at radius 1 is 1.19 bits per heavy atom. The fourth-order valence-electron chi connectivity index (χ4n) is 6.84. The number of aromatic amines is 1. The molecule has 0 spiro atoms. The Morgan fingerprint density at radius 2 is 2.09 bits per heavy atom. The monoisotopic (exact) mass is 433 g/mol. The molecule has 1 aromatic heterocycles. The summed E-state index contributed by atoms with van der Waals surface area (Å²) in [5.41, 5.74) is 2.18. The van der Waals surface area contributed by atoms with E-state index in [4.69, 9.17) is 4.74 Å². The molecule has 32 heavy (non-hydrogen) atoms. The highest BCUT2D eigenvalue weighted by Gasteiger charge is 2.47. The van der Waals surface area contributed by atoms with Crippen molar-refractivity contribution in [2.45, 2.75) is 50.6 Å². The minimum absolute atomic E-state index is 0.126. The summed E-state index contributed by atoms with van der Waals surface area (Å²) < 4.78 is 5.26. The lowest BCUT2D eigenvalue weighted by atomic mass is 9.68. The first kappa shape index (κ1) is 20.0. The number of hydrogen-bond donors (Lipinski definition) is 1. The van der Waals surface area contributed by atoms with Crippen molar-refractivity contribution >= 4 is 16.8 Å². The van der Waals surface area contributed by atoms with Crippen molar-refractivity contribution in [3.8, 4) is 5.75 Å². The molecule has 0 saturated carbocycles. The summed E-state index contributed by atoms with van der Waals surface area (Å²) in [5.74, 6) is 1.67. The van der Waals surface area contributed by atoms with Gasteiger partial charge in [-0.25, -0.2) is 0 Å². The van der Waals surface area contributed by atoms with E-state index in [1.807, 2.05) is 4.90 Å². The van der Waals surface area contributed by atoms with E-state index in [1.54, 1.807) is 31.5 Å². The molecule has 3 aliphatic heterocycles. The van der Waals surface area contributed by atoms with Gasteiger partial charge in [0.25, 0.3) is 5.91 Å². The van der Waals surface area contributed by atoms with Gasteiger partial charge in [-0.1, -0.05) is 18.1 Å². The van der Waals surface area contributed by atoms with Gasteiger partial charge in [-0.05, 0) is 62.6 Å². The van der Waals surface area contributed by atoms with Gasteiger partial charge in [0.1, 0.15) is 11.3 Å². The number of carbonyl (C=O) groups excluding carboxylic acids is 1. The molecule has 2 aromatic rings. The molecule has 1 N–H and O–H groups in total.